The lowest BCUT2D eigenvalue weighted by Crippen LogP contribution is -2.56. The molecule has 8 nitrogen and oxygen atoms in total. The van der Waals surface area contributed by atoms with Gasteiger partial charge in [-0.25, -0.2) is 13.1 Å². The first-order valence-corrected chi connectivity index (χ1v) is 10.4. The van der Waals surface area contributed by atoms with E-state index in [2.05, 4.69) is 20.2 Å². The Hall–Kier alpha value is -2.26. The number of carbonyl (C=O) groups is 1. The molecule has 2 heterocycles. The van der Waals surface area contributed by atoms with Gasteiger partial charge >= 0.3 is 0 Å². The molecule has 0 aliphatic heterocycles. The van der Waals surface area contributed by atoms with Gasteiger partial charge in [0.2, 0.25) is 10.0 Å². The van der Waals surface area contributed by atoms with Gasteiger partial charge in [-0.3, -0.25) is 9.78 Å². The van der Waals surface area contributed by atoms with Gasteiger partial charge in [0, 0.05) is 30.6 Å². The Morgan fingerprint density at radius 2 is 2.08 bits per heavy atom. The number of rotatable bonds is 6. The van der Waals surface area contributed by atoms with Crippen molar-refractivity contribution in [1.82, 2.24) is 20.2 Å². The maximum absolute atomic E-state index is 12.4. The van der Waals surface area contributed by atoms with Crippen LogP contribution in [0.4, 0.5) is 0 Å². The maximum Gasteiger partial charge on any atom is 0.273 e. The third-order valence-electron chi connectivity index (χ3n) is 4.49. The molecule has 1 aliphatic carbocycles. The predicted octanol–water partition coefficient (Wildman–Crippen LogP) is 1.72. The van der Waals surface area contributed by atoms with Crippen LogP contribution in [0.25, 0.3) is 11.3 Å². The maximum atomic E-state index is 12.4. The van der Waals surface area contributed by atoms with Crippen LogP contribution in [0.15, 0.2) is 35.1 Å². The standard InChI is InChI=1S/C17H22N4O4S/c1-26(23,24)21-17(7-3-2-4-8-17)12-19-16(22)14-10-15(25-20-14)13-6-5-9-18-11-13/h5-6,9-11,21H,2-4,7-8,12H2,1H3,(H,19,22). The molecule has 0 atom stereocenters. The Kier molecular flexibility index (Phi) is 5.38. The van der Waals surface area contributed by atoms with Crippen molar-refractivity contribution in [3.8, 4) is 11.3 Å². The normalized spacial score (nSPS) is 17.0. The van der Waals surface area contributed by atoms with E-state index in [0.717, 1.165) is 31.1 Å². The first-order chi connectivity index (χ1) is 12.4. The number of hydrogen-bond donors (Lipinski definition) is 2. The number of carbonyl (C=O) groups excluding carboxylic acids is 1. The van der Waals surface area contributed by atoms with Crippen molar-refractivity contribution in [2.45, 2.75) is 37.6 Å². The van der Waals surface area contributed by atoms with E-state index in [4.69, 9.17) is 4.52 Å². The summed E-state index contributed by atoms with van der Waals surface area (Å²) in [5, 5.41) is 6.59. The molecule has 2 N–H and O–H groups in total. The Labute approximate surface area is 152 Å². The van der Waals surface area contributed by atoms with Crippen molar-refractivity contribution in [3.05, 3.63) is 36.3 Å². The molecule has 9 heteroatoms. The lowest BCUT2D eigenvalue weighted by molar-refractivity contribution is 0.0925. The van der Waals surface area contributed by atoms with E-state index < -0.39 is 21.5 Å². The Bertz CT molecular complexity index is 858. The van der Waals surface area contributed by atoms with Gasteiger partial charge in [-0.1, -0.05) is 24.4 Å². The van der Waals surface area contributed by atoms with Gasteiger partial charge in [0.1, 0.15) is 0 Å². The Balaban J connectivity index is 1.68. The second-order valence-electron chi connectivity index (χ2n) is 6.72. The zero-order chi connectivity index (χ0) is 18.6. The molecule has 26 heavy (non-hydrogen) atoms. The minimum atomic E-state index is -3.37. The van der Waals surface area contributed by atoms with Gasteiger partial charge in [0.05, 0.1) is 11.8 Å². The minimum Gasteiger partial charge on any atom is -0.355 e. The minimum absolute atomic E-state index is 0.147. The number of hydrogen-bond acceptors (Lipinski definition) is 6. The highest BCUT2D eigenvalue weighted by Gasteiger charge is 2.35. The first-order valence-electron chi connectivity index (χ1n) is 8.51. The summed E-state index contributed by atoms with van der Waals surface area (Å²) in [5.41, 5.74) is 0.230. The molecule has 3 rings (SSSR count). The van der Waals surface area contributed by atoms with Gasteiger partial charge in [0.25, 0.3) is 5.91 Å². The van der Waals surface area contributed by atoms with E-state index in [-0.39, 0.29) is 12.2 Å². The average Bonchev–Trinajstić information content (AvgIpc) is 3.10. The number of pyridine rings is 1. The molecular formula is C17H22N4O4S. The van der Waals surface area contributed by atoms with E-state index in [1.54, 1.807) is 24.5 Å². The van der Waals surface area contributed by atoms with Crippen LogP contribution >= 0.6 is 0 Å². The zero-order valence-corrected chi connectivity index (χ0v) is 15.4. The second kappa shape index (κ2) is 7.55. The predicted molar refractivity (Wildman–Crippen MR) is 95.9 cm³/mol. The molecule has 1 saturated carbocycles. The van der Waals surface area contributed by atoms with Crippen LogP contribution in [0.5, 0.6) is 0 Å². The average molecular weight is 378 g/mol. The number of sulfonamides is 1. The van der Waals surface area contributed by atoms with Crippen LogP contribution in [0, 0.1) is 0 Å². The number of nitrogens with one attached hydrogen (secondary N) is 2. The van der Waals surface area contributed by atoms with Crippen LogP contribution in [0.1, 0.15) is 42.6 Å². The fourth-order valence-electron chi connectivity index (χ4n) is 3.30. The summed E-state index contributed by atoms with van der Waals surface area (Å²) in [6.07, 6.45) is 8.71. The van der Waals surface area contributed by atoms with Crippen molar-refractivity contribution < 1.29 is 17.7 Å². The van der Waals surface area contributed by atoms with E-state index in [9.17, 15) is 13.2 Å². The summed E-state index contributed by atoms with van der Waals surface area (Å²) >= 11 is 0. The van der Waals surface area contributed by atoms with Crippen LogP contribution in [0.3, 0.4) is 0 Å². The molecule has 0 spiro atoms. The summed E-state index contributed by atoms with van der Waals surface area (Å²) in [4.78, 5) is 16.4. The van der Waals surface area contributed by atoms with Gasteiger partial charge < -0.3 is 9.84 Å². The van der Waals surface area contributed by atoms with Crippen molar-refractivity contribution in [2.24, 2.45) is 0 Å². The molecule has 0 bridgehead atoms. The Morgan fingerprint density at radius 3 is 2.73 bits per heavy atom. The molecular weight excluding hydrogens is 356 g/mol. The second-order valence-corrected chi connectivity index (χ2v) is 8.46. The number of aromatic nitrogens is 2. The van der Waals surface area contributed by atoms with Crippen LogP contribution in [-0.2, 0) is 10.0 Å². The lowest BCUT2D eigenvalue weighted by atomic mass is 9.82. The zero-order valence-electron chi connectivity index (χ0n) is 14.6. The van der Waals surface area contributed by atoms with Gasteiger partial charge in [-0.05, 0) is 25.0 Å². The summed E-state index contributed by atoms with van der Waals surface area (Å²) in [6.45, 7) is 0.216. The van der Waals surface area contributed by atoms with Crippen molar-refractivity contribution in [3.63, 3.8) is 0 Å². The molecule has 0 aromatic carbocycles. The Morgan fingerprint density at radius 1 is 1.31 bits per heavy atom. The molecule has 2 aromatic heterocycles. The molecule has 140 valence electrons. The van der Waals surface area contributed by atoms with Crippen molar-refractivity contribution in [1.29, 1.82) is 0 Å². The fraction of sp³-hybridized carbons (Fsp3) is 0.471. The molecule has 1 amide bonds. The summed E-state index contributed by atoms with van der Waals surface area (Å²) in [6, 6.07) is 5.12. The monoisotopic (exact) mass is 378 g/mol. The SMILES string of the molecule is CS(=O)(=O)NC1(CNC(=O)c2cc(-c3cccnc3)on2)CCCCC1. The third kappa shape index (κ3) is 4.67. The highest BCUT2D eigenvalue weighted by Crippen LogP contribution is 2.28. The van der Waals surface area contributed by atoms with Crippen LogP contribution in [-0.4, -0.2) is 42.8 Å². The van der Waals surface area contributed by atoms with E-state index in [1.807, 2.05) is 6.07 Å². The largest absolute Gasteiger partial charge is 0.355 e. The highest BCUT2D eigenvalue weighted by atomic mass is 32.2. The smallest absolute Gasteiger partial charge is 0.273 e. The number of amides is 1. The van der Waals surface area contributed by atoms with Gasteiger partial charge in [-0.2, -0.15) is 0 Å². The van der Waals surface area contributed by atoms with E-state index in [0.29, 0.717) is 18.6 Å². The summed E-state index contributed by atoms with van der Waals surface area (Å²) in [7, 11) is -3.37. The fourth-order valence-corrected chi connectivity index (χ4v) is 4.37. The van der Waals surface area contributed by atoms with Crippen molar-refractivity contribution >= 4 is 15.9 Å². The van der Waals surface area contributed by atoms with Crippen LogP contribution < -0.4 is 10.0 Å². The number of nitrogens with zero attached hydrogens (tertiary/aromatic N) is 2. The van der Waals surface area contributed by atoms with Gasteiger partial charge in [0.15, 0.2) is 11.5 Å². The topological polar surface area (TPSA) is 114 Å². The third-order valence-corrected chi connectivity index (χ3v) is 5.29. The molecule has 1 fully saturated rings. The van der Waals surface area contributed by atoms with E-state index >= 15 is 0 Å². The van der Waals surface area contributed by atoms with Crippen LogP contribution in [0.2, 0.25) is 0 Å². The quantitative estimate of drug-likeness (QED) is 0.791. The van der Waals surface area contributed by atoms with E-state index in [1.165, 1.54) is 0 Å². The summed E-state index contributed by atoms with van der Waals surface area (Å²) in [5.74, 6) is 0.0500. The highest BCUT2D eigenvalue weighted by molar-refractivity contribution is 7.88. The van der Waals surface area contributed by atoms with Gasteiger partial charge in [-0.15, -0.1) is 0 Å². The van der Waals surface area contributed by atoms with Crippen molar-refractivity contribution in [2.75, 3.05) is 12.8 Å². The molecule has 0 radical (unpaired) electrons. The lowest BCUT2D eigenvalue weighted by Gasteiger charge is -2.37. The molecule has 2 aromatic rings. The molecule has 1 aliphatic rings. The summed E-state index contributed by atoms with van der Waals surface area (Å²) < 4.78 is 31.4. The first kappa shape index (κ1) is 18.5. The molecule has 0 unspecified atom stereocenters. The molecule has 0 saturated heterocycles.